The zero-order valence-corrected chi connectivity index (χ0v) is 14.8. The normalized spacial score (nSPS) is 14.3. The van der Waals surface area contributed by atoms with E-state index < -0.39 is 0 Å². The Kier molecular flexibility index (Phi) is 4.51. The predicted molar refractivity (Wildman–Crippen MR) is 102 cm³/mol. The van der Waals surface area contributed by atoms with Gasteiger partial charge in [-0.25, -0.2) is 9.97 Å². The fraction of sp³-hybridized carbons (Fsp3) is 0.278. The fourth-order valence-electron chi connectivity index (χ4n) is 2.97. The van der Waals surface area contributed by atoms with Crippen LogP contribution >= 0.6 is 0 Å². The van der Waals surface area contributed by atoms with Crippen LogP contribution in [0.1, 0.15) is 6.92 Å². The largest absolute Gasteiger partial charge is 0.378 e. The number of amides is 1. The molecule has 2 aromatic heterocycles. The number of aromatic nitrogens is 4. The Labute approximate surface area is 155 Å². The van der Waals surface area contributed by atoms with Crippen molar-refractivity contribution in [3.05, 3.63) is 30.5 Å². The van der Waals surface area contributed by atoms with Crippen molar-refractivity contribution < 1.29 is 9.53 Å². The number of ether oxygens (including phenoxy) is 1. The number of nitrogens with one attached hydrogen (secondary N) is 1. The maximum Gasteiger partial charge on any atom is 0.224 e. The second kappa shape index (κ2) is 7.12. The van der Waals surface area contributed by atoms with E-state index in [0.29, 0.717) is 49.0 Å². The van der Waals surface area contributed by atoms with Crippen molar-refractivity contribution in [3.63, 3.8) is 0 Å². The van der Waals surface area contributed by atoms with Crippen LogP contribution in [0.4, 0.5) is 17.5 Å². The van der Waals surface area contributed by atoms with Crippen molar-refractivity contribution >= 4 is 34.5 Å². The molecular formula is C18H19N7O2. The van der Waals surface area contributed by atoms with E-state index >= 15 is 0 Å². The number of hydrogen-bond acceptors (Lipinski definition) is 8. The van der Waals surface area contributed by atoms with Crippen LogP contribution in [-0.2, 0) is 9.53 Å². The number of fused-ring (bicyclic) bond motifs is 1. The Bertz CT molecular complexity index is 985. The van der Waals surface area contributed by atoms with Gasteiger partial charge in [0.15, 0.2) is 17.0 Å². The summed E-state index contributed by atoms with van der Waals surface area (Å²) in [4.78, 5) is 31.0. The quantitative estimate of drug-likeness (QED) is 0.716. The maximum atomic E-state index is 11.2. The van der Waals surface area contributed by atoms with E-state index in [0.717, 1.165) is 11.3 Å². The van der Waals surface area contributed by atoms with E-state index in [1.54, 1.807) is 6.20 Å². The number of nitrogens with zero attached hydrogens (tertiary/aromatic N) is 5. The first-order valence-corrected chi connectivity index (χ1v) is 8.61. The summed E-state index contributed by atoms with van der Waals surface area (Å²) in [5.74, 6) is 0.730. The minimum Gasteiger partial charge on any atom is -0.378 e. The number of nitrogen functional groups attached to an aromatic ring is 1. The lowest BCUT2D eigenvalue weighted by atomic mass is 10.1. The standard InChI is InChI=1S/C18H19N7O2/c1-11(26)21-13-4-2-12(3-5-13)14-10-20-16-15(22-14)17(24-18(19)23-16)25-6-8-27-9-7-25/h2-5,10H,6-9H2,1H3,(H,21,26)(H2,19,20,23,24). The van der Waals surface area contributed by atoms with Crippen molar-refractivity contribution in [1.29, 1.82) is 0 Å². The first-order chi connectivity index (χ1) is 13.1. The highest BCUT2D eigenvalue weighted by molar-refractivity contribution is 5.89. The molecule has 0 aliphatic carbocycles. The van der Waals surface area contributed by atoms with Crippen LogP contribution in [-0.4, -0.2) is 52.1 Å². The summed E-state index contributed by atoms with van der Waals surface area (Å²) in [6.07, 6.45) is 1.66. The number of carbonyl (C=O) groups excluding carboxylic acids is 1. The third-order valence-electron chi connectivity index (χ3n) is 4.22. The van der Waals surface area contributed by atoms with Gasteiger partial charge in [-0.1, -0.05) is 12.1 Å². The highest BCUT2D eigenvalue weighted by Gasteiger charge is 2.19. The molecule has 1 fully saturated rings. The average Bonchev–Trinajstić information content (AvgIpc) is 2.68. The van der Waals surface area contributed by atoms with Crippen molar-refractivity contribution in [2.75, 3.05) is 42.3 Å². The van der Waals surface area contributed by atoms with Crippen molar-refractivity contribution in [2.24, 2.45) is 0 Å². The van der Waals surface area contributed by atoms with Gasteiger partial charge >= 0.3 is 0 Å². The predicted octanol–water partition coefficient (Wildman–Crippen LogP) is 1.46. The number of rotatable bonds is 3. The smallest absolute Gasteiger partial charge is 0.224 e. The third-order valence-corrected chi connectivity index (χ3v) is 4.22. The second-order valence-corrected chi connectivity index (χ2v) is 6.19. The van der Waals surface area contributed by atoms with Gasteiger partial charge in [0.2, 0.25) is 11.9 Å². The zero-order chi connectivity index (χ0) is 18.8. The van der Waals surface area contributed by atoms with Crippen LogP contribution in [0.5, 0.6) is 0 Å². The van der Waals surface area contributed by atoms with Crippen LogP contribution in [0.15, 0.2) is 30.5 Å². The molecule has 4 rings (SSSR count). The Morgan fingerprint density at radius 2 is 1.89 bits per heavy atom. The van der Waals surface area contributed by atoms with Crippen molar-refractivity contribution in [1.82, 2.24) is 19.9 Å². The summed E-state index contributed by atoms with van der Waals surface area (Å²) in [6, 6.07) is 7.41. The molecule has 0 radical (unpaired) electrons. The van der Waals surface area contributed by atoms with Gasteiger partial charge in [-0.2, -0.15) is 9.97 Å². The van der Waals surface area contributed by atoms with E-state index in [9.17, 15) is 4.79 Å². The molecule has 138 valence electrons. The number of morpholine rings is 1. The molecule has 1 aromatic carbocycles. The molecule has 0 bridgehead atoms. The average molecular weight is 365 g/mol. The molecule has 0 atom stereocenters. The highest BCUT2D eigenvalue weighted by atomic mass is 16.5. The first-order valence-electron chi connectivity index (χ1n) is 8.61. The number of carbonyl (C=O) groups is 1. The number of nitrogens with two attached hydrogens (primary N) is 1. The van der Waals surface area contributed by atoms with Gasteiger partial charge in [0.25, 0.3) is 0 Å². The summed E-state index contributed by atoms with van der Waals surface area (Å²) in [5, 5.41) is 2.74. The Hall–Kier alpha value is -3.33. The summed E-state index contributed by atoms with van der Waals surface area (Å²) in [7, 11) is 0. The van der Waals surface area contributed by atoms with Crippen LogP contribution in [0, 0.1) is 0 Å². The fourth-order valence-corrected chi connectivity index (χ4v) is 2.97. The molecule has 1 saturated heterocycles. The molecule has 0 unspecified atom stereocenters. The molecule has 9 heteroatoms. The maximum absolute atomic E-state index is 11.2. The van der Waals surface area contributed by atoms with Crippen molar-refractivity contribution in [3.8, 4) is 11.3 Å². The van der Waals surface area contributed by atoms with Gasteiger partial charge in [-0.05, 0) is 12.1 Å². The topological polar surface area (TPSA) is 119 Å². The number of anilines is 3. The van der Waals surface area contributed by atoms with E-state index in [2.05, 4.69) is 25.2 Å². The summed E-state index contributed by atoms with van der Waals surface area (Å²) in [6.45, 7) is 4.15. The SMILES string of the molecule is CC(=O)Nc1ccc(-c2cnc3nc(N)nc(N4CCOCC4)c3n2)cc1. The van der Waals surface area contributed by atoms with E-state index in [-0.39, 0.29) is 11.9 Å². The Morgan fingerprint density at radius 3 is 2.59 bits per heavy atom. The zero-order valence-electron chi connectivity index (χ0n) is 14.8. The molecule has 9 nitrogen and oxygen atoms in total. The van der Waals surface area contributed by atoms with Gasteiger partial charge in [-0.3, -0.25) is 4.79 Å². The van der Waals surface area contributed by atoms with Gasteiger partial charge in [0.05, 0.1) is 25.1 Å². The van der Waals surface area contributed by atoms with Crippen LogP contribution in [0.3, 0.4) is 0 Å². The van der Waals surface area contributed by atoms with Gasteiger partial charge in [0, 0.05) is 31.3 Å². The summed E-state index contributed by atoms with van der Waals surface area (Å²) < 4.78 is 5.41. The van der Waals surface area contributed by atoms with Gasteiger partial charge in [-0.15, -0.1) is 0 Å². The minimum absolute atomic E-state index is 0.113. The summed E-state index contributed by atoms with van der Waals surface area (Å²) in [5.41, 5.74) is 9.22. The molecule has 0 spiro atoms. The van der Waals surface area contributed by atoms with Crippen molar-refractivity contribution in [2.45, 2.75) is 6.92 Å². The molecular weight excluding hydrogens is 346 g/mol. The highest BCUT2D eigenvalue weighted by Crippen LogP contribution is 2.26. The molecule has 3 aromatic rings. The molecule has 1 aliphatic rings. The first kappa shape index (κ1) is 17.1. The second-order valence-electron chi connectivity index (χ2n) is 6.19. The molecule has 27 heavy (non-hydrogen) atoms. The Morgan fingerprint density at radius 1 is 1.15 bits per heavy atom. The van der Waals surface area contributed by atoms with Gasteiger partial charge < -0.3 is 20.7 Å². The van der Waals surface area contributed by atoms with Crippen LogP contribution in [0.2, 0.25) is 0 Å². The third kappa shape index (κ3) is 3.63. The number of hydrogen-bond donors (Lipinski definition) is 2. The minimum atomic E-state index is -0.113. The lowest BCUT2D eigenvalue weighted by Gasteiger charge is -2.28. The molecule has 3 heterocycles. The lowest BCUT2D eigenvalue weighted by Crippen LogP contribution is -2.37. The molecule has 1 amide bonds. The molecule has 1 aliphatic heterocycles. The Balaban J connectivity index is 1.74. The van der Waals surface area contributed by atoms with E-state index in [1.807, 2.05) is 24.3 Å². The number of benzene rings is 1. The van der Waals surface area contributed by atoms with Crippen LogP contribution in [0.25, 0.3) is 22.4 Å². The van der Waals surface area contributed by atoms with E-state index in [1.165, 1.54) is 6.92 Å². The van der Waals surface area contributed by atoms with Crippen LogP contribution < -0.4 is 16.0 Å². The summed E-state index contributed by atoms with van der Waals surface area (Å²) >= 11 is 0. The van der Waals surface area contributed by atoms with Gasteiger partial charge in [0.1, 0.15) is 0 Å². The molecule has 3 N–H and O–H groups in total. The monoisotopic (exact) mass is 365 g/mol. The lowest BCUT2D eigenvalue weighted by molar-refractivity contribution is -0.114. The molecule has 0 saturated carbocycles. The van der Waals surface area contributed by atoms with E-state index in [4.69, 9.17) is 15.5 Å².